The van der Waals surface area contributed by atoms with E-state index in [1.54, 1.807) is 12.5 Å². The minimum atomic E-state index is -0.0424. The molecule has 0 unspecified atom stereocenters. The molecule has 1 aliphatic rings. The minimum Gasteiger partial charge on any atom is -0.445 e. The van der Waals surface area contributed by atoms with Crippen molar-refractivity contribution in [2.45, 2.75) is 6.42 Å². The molecule has 0 atom stereocenters. The van der Waals surface area contributed by atoms with E-state index in [2.05, 4.69) is 22.2 Å². The van der Waals surface area contributed by atoms with E-state index in [0.29, 0.717) is 5.89 Å². The number of nitrogens with one attached hydrogen (secondary N) is 1. The number of nitrogens with zero attached hydrogens (tertiary/aromatic N) is 3. The SMILES string of the molecule is CN1CCCN(C(=O)Nc2ccc(-c3ncco3)cc2)CC1. The fourth-order valence-electron chi connectivity index (χ4n) is 2.51. The predicted octanol–water partition coefficient (Wildman–Crippen LogP) is 2.51. The summed E-state index contributed by atoms with van der Waals surface area (Å²) >= 11 is 0. The van der Waals surface area contributed by atoms with Crippen LogP contribution in [-0.2, 0) is 0 Å². The fraction of sp³-hybridized carbons (Fsp3) is 0.375. The largest absolute Gasteiger partial charge is 0.445 e. The Kier molecular flexibility index (Phi) is 4.39. The fourth-order valence-corrected chi connectivity index (χ4v) is 2.51. The van der Waals surface area contributed by atoms with Gasteiger partial charge < -0.3 is 19.5 Å². The number of anilines is 1. The summed E-state index contributed by atoms with van der Waals surface area (Å²) in [6.07, 6.45) is 4.16. The van der Waals surface area contributed by atoms with Crippen molar-refractivity contribution >= 4 is 11.7 Å². The number of carbonyl (C=O) groups is 1. The maximum absolute atomic E-state index is 12.3. The van der Waals surface area contributed by atoms with E-state index in [1.807, 2.05) is 29.2 Å². The molecule has 1 N–H and O–H groups in total. The van der Waals surface area contributed by atoms with E-state index in [4.69, 9.17) is 4.42 Å². The van der Waals surface area contributed by atoms with Crippen molar-refractivity contribution in [3.63, 3.8) is 0 Å². The van der Waals surface area contributed by atoms with Crippen molar-refractivity contribution in [3.05, 3.63) is 36.7 Å². The van der Waals surface area contributed by atoms with Crippen LogP contribution in [-0.4, -0.2) is 54.0 Å². The van der Waals surface area contributed by atoms with Gasteiger partial charge in [0.1, 0.15) is 6.26 Å². The van der Waals surface area contributed by atoms with Gasteiger partial charge in [0, 0.05) is 30.9 Å². The van der Waals surface area contributed by atoms with Crippen LogP contribution in [0.1, 0.15) is 6.42 Å². The number of benzene rings is 1. The summed E-state index contributed by atoms with van der Waals surface area (Å²) in [5.74, 6) is 0.577. The quantitative estimate of drug-likeness (QED) is 0.925. The Labute approximate surface area is 129 Å². The Morgan fingerprint density at radius 3 is 2.73 bits per heavy atom. The van der Waals surface area contributed by atoms with E-state index in [0.717, 1.165) is 43.9 Å². The van der Waals surface area contributed by atoms with Crippen LogP contribution in [0.25, 0.3) is 11.5 Å². The number of hydrogen-bond acceptors (Lipinski definition) is 4. The predicted molar refractivity (Wildman–Crippen MR) is 84.6 cm³/mol. The molecule has 0 aliphatic carbocycles. The molecule has 1 aliphatic heterocycles. The lowest BCUT2D eigenvalue weighted by Gasteiger charge is -2.21. The lowest BCUT2D eigenvalue weighted by Crippen LogP contribution is -2.37. The number of aromatic nitrogens is 1. The Bertz CT molecular complexity index is 610. The Morgan fingerprint density at radius 1 is 1.18 bits per heavy atom. The van der Waals surface area contributed by atoms with Crippen LogP contribution in [0.2, 0.25) is 0 Å². The van der Waals surface area contributed by atoms with Crippen LogP contribution >= 0.6 is 0 Å². The molecule has 1 aromatic heterocycles. The first-order valence-corrected chi connectivity index (χ1v) is 7.47. The summed E-state index contributed by atoms with van der Waals surface area (Å²) in [6.45, 7) is 3.51. The topological polar surface area (TPSA) is 61.6 Å². The highest BCUT2D eigenvalue weighted by Crippen LogP contribution is 2.19. The van der Waals surface area contributed by atoms with E-state index in [1.165, 1.54) is 0 Å². The summed E-state index contributed by atoms with van der Waals surface area (Å²) in [4.78, 5) is 20.5. The molecule has 116 valence electrons. The summed E-state index contributed by atoms with van der Waals surface area (Å²) in [6, 6.07) is 7.46. The molecule has 6 nitrogen and oxygen atoms in total. The highest BCUT2D eigenvalue weighted by Gasteiger charge is 2.17. The van der Waals surface area contributed by atoms with Gasteiger partial charge in [-0.05, 0) is 44.3 Å². The average Bonchev–Trinajstić information content (AvgIpc) is 2.97. The van der Waals surface area contributed by atoms with Crippen molar-refractivity contribution < 1.29 is 9.21 Å². The van der Waals surface area contributed by atoms with Crippen molar-refractivity contribution in [3.8, 4) is 11.5 Å². The normalized spacial score (nSPS) is 16.3. The zero-order valence-corrected chi connectivity index (χ0v) is 12.7. The van der Waals surface area contributed by atoms with Gasteiger partial charge in [-0.3, -0.25) is 0 Å². The molecular weight excluding hydrogens is 280 g/mol. The zero-order valence-electron chi connectivity index (χ0n) is 12.7. The van der Waals surface area contributed by atoms with Gasteiger partial charge in [-0.1, -0.05) is 0 Å². The van der Waals surface area contributed by atoms with Crippen LogP contribution in [0.3, 0.4) is 0 Å². The first kappa shape index (κ1) is 14.6. The number of hydrogen-bond donors (Lipinski definition) is 1. The monoisotopic (exact) mass is 300 g/mol. The average molecular weight is 300 g/mol. The second-order valence-corrected chi connectivity index (χ2v) is 5.49. The van der Waals surface area contributed by atoms with Crippen LogP contribution in [0, 0.1) is 0 Å². The summed E-state index contributed by atoms with van der Waals surface area (Å²) in [5.41, 5.74) is 1.66. The highest BCUT2D eigenvalue weighted by molar-refractivity contribution is 5.89. The molecule has 0 spiro atoms. The molecule has 1 fully saturated rings. The number of rotatable bonds is 2. The summed E-state index contributed by atoms with van der Waals surface area (Å²) < 4.78 is 5.25. The standard InChI is InChI=1S/C16H20N4O2/c1-19-8-2-9-20(11-10-19)16(21)18-14-5-3-13(4-6-14)15-17-7-12-22-15/h3-7,12H,2,8-11H2,1H3,(H,18,21). The molecule has 0 bridgehead atoms. The molecule has 22 heavy (non-hydrogen) atoms. The lowest BCUT2D eigenvalue weighted by atomic mass is 10.2. The maximum Gasteiger partial charge on any atom is 0.321 e. The van der Waals surface area contributed by atoms with Gasteiger partial charge in [-0.15, -0.1) is 0 Å². The van der Waals surface area contributed by atoms with Gasteiger partial charge >= 0.3 is 6.03 Å². The maximum atomic E-state index is 12.3. The Balaban J connectivity index is 1.61. The number of amides is 2. The summed E-state index contributed by atoms with van der Waals surface area (Å²) in [7, 11) is 2.09. The van der Waals surface area contributed by atoms with Gasteiger partial charge in [0.25, 0.3) is 0 Å². The van der Waals surface area contributed by atoms with Crippen LogP contribution in [0.4, 0.5) is 10.5 Å². The molecule has 6 heteroatoms. The molecule has 1 aromatic carbocycles. The van der Waals surface area contributed by atoms with Gasteiger partial charge in [0.05, 0.1) is 6.20 Å². The molecule has 2 heterocycles. The van der Waals surface area contributed by atoms with Gasteiger partial charge in [-0.25, -0.2) is 9.78 Å². The van der Waals surface area contributed by atoms with Crippen LogP contribution in [0.5, 0.6) is 0 Å². The smallest absolute Gasteiger partial charge is 0.321 e. The lowest BCUT2D eigenvalue weighted by molar-refractivity contribution is 0.213. The second-order valence-electron chi connectivity index (χ2n) is 5.49. The minimum absolute atomic E-state index is 0.0424. The molecule has 2 aromatic rings. The highest BCUT2D eigenvalue weighted by atomic mass is 16.3. The number of carbonyl (C=O) groups excluding carboxylic acids is 1. The Morgan fingerprint density at radius 2 is 2.00 bits per heavy atom. The van der Waals surface area contributed by atoms with Gasteiger partial charge in [0.15, 0.2) is 0 Å². The van der Waals surface area contributed by atoms with Crippen LogP contribution in [0.15, 0.2) is 41.1 Å². The van der Waals surface area contributed by atoms with E-state index >= 15 is 0 Å². The van der Waals surface area contributed by atoms with Gasteiger partial charge in [-0.2, -0.15) is 0 Å². The third-order valence-electron chi connectivity index (χ3n) is 3.82. The third-order valence-corrected chi connectivity index (χ3v) is 3.82. The van der Waals surface area contributed by atoms with Crippen molar-refractivity contribution in [2.75, 3.05) is 38.5 Å². The zero-order chi connectivity index (χ0) is 15.4. The third kappa shape index (κ3) is 3.46. The number of urea groups is 1. The molecule has 1 saturated heterocycles. The van der Waals surface area contributed by atoms with Crippen molar-refractivity contribution in [2.24, 2.45) is 0 Å². The van der Waals surface area contributed by atoms with Crippen molar-refractivity contribution in [1.29, 1.82) is 0 Å². The van der Waals surface area contributed by atoms with E-state index < -0.39 is 0 Å². The first-order chi connectivity index (χ1) is 10.7. The number of likely N-dealkylation sites (N-methyl/N-ethyl adjacent to an activating group) is 1. The van der Waals surface area contributed by atoms with Crippen molar-refractivity contribution in [1.82, 2.24) is 14.8 Å². The molecule has 0 saturated carbocycles. The second kappa shape index (κ2) is 6.62. The molecule has 3 rings (SSSR count). The molecular formula is C16H20N4O2. The molecule has 2 amide bonds. The Hall–Kier alpha value is -2.34. The number of oxazole rings is 1. The summed E-state index contributed by atoms with van der Waals surface area (Å²) in [5, 5.41) is 2.94. The van der Waals surface area contributed by atoms with Gasteiger partial charge in [0.2, 0.25) is 5.89 Å². The van der Waals surface area contributed by atoms with E-state index in [9.17, 15) is 4.79 Å². The first-order valence-electron chi connectivity index (χ1n) is 7.47. The molecule has 0 radical (unpaired) electrons. The van der Waals surface area contributed by atoms with E-state index in [-0.39, 0.29) is 6.03 Å². The van der Waals surface area contributed by atoms with Crippen LogP contribution < -0.4 is 5.32 Å².